The summed E-state index contributed by atoms with van der Waals surface area (Å²) in [6.07, 6.45) is 2.00. The van der Waals surface area contributed by atoms with E-state index in [1.54, 1.807) is 0 Å². The van der Waals surface area contributed by atoms with E-state index in [0.29, 0.717) is 0 Å². The third kappa shape index (κ3) is 6.25. The van der Waals surface area contributed by atoms with Crippen LogP contribution in [0.25, 0.3) is 21.9 Å². The molecule has 258 valence electrons. The number of aromatic nitrogens is 1. The molecular formula is C37H38F3N3O5S. The van der Waals surface area contributed by atoms with Gasteiger partial charge in [0, 0.05) is 31.1 Å². The van der Waals surface area contributed by atoms with Crippen LogP contribution < -0.4 is 10.9 Å². The Labute approximate surface area is 282 Å². The molecular weight excluding hydrogens is 655 g/mol. The van der Waals surface area contributed by atoms with Crippen LogP contribution in [0.4, 0.5) is 18.9 Å². The number of hydrogen-bond donors (Lipinski definition) is 2. The van der Waals surface area contributed by atoms with E-state index < -0.39 is 50.9 Å². The number of benzene rings is 3. The van der Waals surface area contributed by atoms with Crippen molar-refractivity contribution in [2.24, 2.45) is 5.92 Å². The lowest BCUT2D eigenvalue weighted by Crippen LogP contribution is -2.51. The van der Waals surface area contributed by atoms with Crippen molar-refractivity contribution in [2.75, 3.05) is 18.4 Å². The largest absolute Gasteiger partial charge is 0.480 e. The number of anilines is 1. The number of sulfonamides is 1. The summed E-state index contributed by atoms with van der Waals surface area (Å²) in [6.45, 7) is -0.377. The van der Waals surface area contributed by atoms with Crippen LogP contribution in [0.2, 0.25) is 0 Å². The zero-order valence-corrected chi connectivity index (χ0v) is 27.7. The average Bonchev–Trinajstić information content (AvgIpc) is 3.79. The number of carboxylic acid groups (broad SMARTS) is 1. The number of carboxylic acids is 1. The fourth-order valence-corrected chi connectivity index (χ4v) is 9.92. The molecule has 2 N–H and O–H groups in total. The monoisotopic (exact) mass is 693 g/mol. The lowest BCUT2D eigenvalue weighted by molar-refractivity contribution is -0.141. The van der Waals surface area contributed by atoms with E-state index in [0.717, 1.165) is 88.7 Å². The Hall–Kier alpha value is -4.16. The molecule has 1 aliphatic heterocycles. The molecule has 1 unspecified atom stereocenters. The van der Waals surface area contributed by atoms with Gasteiger partial charge in [0.2, 0.25) is 0 Å². The van der Waals surface area contributed by atoms with Gasteiger partial charge in [-0.15, -0.1) is 0 Å². The molecule has 0 bridgehead atoms. The van der Waals surface area contributed by atoms with Crippen molar-refractivity contribution in [1.82, 2.24) is 8.87 Å². The summed E-state index contributed by atoms with van der Waals surface area (Å²) in [7, 11) is -4.56. The summed E-state index contributed by atoms with van der Waals surface area (Å²) >= 11 is 0. The Balaban J connectivity index is 1.57. The minimum atomic E-state index is -4.74. The zero-order chi connectivity index (χ0) is 34.5. The van der Waals surface area contributed by atoms with Crippen molar-refractivity contribution in [3.8, 4) is 11.1 Å². The number of alkyl halides is 3. The molecule has 0 spiro atoms. The first-order valence-electron chi connectivity index (χ1n) is 16.9. The predicted octanol–water partition coefficient (Wildman–Crippen LogP) is 7.45. The summed E-state index contributed by atoms with van der Waals surface area (Å²) in [5.74, 6) is -1.38. The quantitative estimate of drug-likeness (QED) is 0.199. The van der Waals surface area contributed by atoms with E-state index in [1.807, 2.05) is 42.5 Å². The van der Waals surface area contributed by atoms with Gasteiger partial charge >= 0.3 is 12.1 Å². The van der Waals surface area contributed by atoms with Crippen molar-refractivity contribution in [3.63, 3.8) is 0 Å². The van der Waals surface area contributed by atoms with Crippen molar-refractivity contribution < 1.29 is 31.5 Å². The standard InChI is InChI=1S/C37H38F3N3O5S/c38-37(39,40)27-15-8-14-26(19-27)32-30(20-25-13-7-12-24-11-3-6-18-29(24)25)33(41-28-16-4-5-17-28)34(44)43-31(36(45)46)22-42(49(47,48)35(32)43)21-23-9-1-2-10-23/h3,6-8,11-15,18-19,23,28,31,41H,1-2,4-5,9-10,16-17,20-22H2,(H,45,46). The first kappa shape index (κ1) is 33.3. The molecule has 8 nitrogen and oxygen atoms in total. The lowest BCUT2D eigenvalue weighted by Gasteiger charge is -2.37. The second-order valence-corrected chi connectivity index (χ2v) is 15.4. The van der Waals surface area contributed by atoms with Crippen LogP contribution in [0.15, 0.2) is 76.6 Å². The number of aliphatic carboxylic acids is 1. The number of nitrogens with one attached hydrogen (secondary N) is 1. The summed E-state index contributed by atoms with van der Waals surface area (Å²) in [6, 6.07) is 15.9. The zero-order valence-electron chi connectivity index (χ0n) is 26.9. The van der Waals surface area contributed by atoms with E-state index in [1.165, 1.54) is 12.1 Å². The van der Waals surface area contributed by atoms with Crippen LogP contribution in [0.3, 0.4) is 0 Å². The molecule has 0 amide bonds. The normalized spacial score (nSPS) is 20.1. The number of nitrogens with zero attached hydrogens (tertiary/aromatic N) is 2. The number of hydrogen-bond acceptors (Lipinski definition) is 5. The molecule has 0 radical (unpaired) electrons. The number of fused-ring (bicyclic) bond motifs is 2. The van der Waals surface area contributed by atoms with Crippen LogP contribution in [0, 0.1) is 5.92 Å². The van der Waals surface area contributed by atoms with Crippen LogP contribution in [-0.2, 0) is 27.4 Å². The Morgan fingerprint density at radius 3 is 2.31 bits per heavy atom. The predicted molar refractivity (Wildman–Crippen MR) is 181 cm³/mol. The fraction of sp³-hybridized carbons (Fsp3) is 0.405. The van der Waals surface area contributed by atoms with Gasteiger partial charge in [0.25, 0.3) is 15.6 Å². The first-order chi connectivity index (χ1) is 23.4. The fourth-order valence-electron chi connectivity index (χ4n) is 7.98. The minimum Gasteiger partial charge on any atom is -0.480 e. The van der Waals surface area contributed by atoms with Gasteiger partial charge in [0.15, 0.2) is 5.03 Å². The van der Waals surface area contributed by atoms with Crippen molar-refractivity contribution in [1.29, 1.82) is 0 Å². The molecule has 2 saturated carbocycles. The smallest absolute Gasteiger partial charge is 0.416 e. The topological polar surface area (TPSA) is 109 Å². The second-order valence-electron chi connectivity index (χ2n) is 13.6. The summed E-state index contributed by atoms with van der Waals surface area (Å²) in [4.78, 5) is 27.6. The van der Waals surface area contributed by atoms with Gasteiger partial charge in [0.05, 0.1) is 5.56 Å². The van der Waals surface area contributed by atoms with E-state index >= 15 is 0 Å². The molecule has 49 heavy (non-hydrogen) atoms. The molecule has 2 aliphatic carbocycles. The van der Waals surface area contributed by atoms with Crippen molar-refractivity contribution in [2.45, 2.75) is 81.1 Å². The number of halogens is 3. The van der Waals surface area contributed by atoms with Crippen LogP contribution in [0.1, 0.15) is 74.1 Å². The maximum absolute atomic E-state index is 14.8. The van der Waals surface area contributed by atoms with Crippen molar-refractivity contribution >= 4 is 32.5 Å². The second kappa shape index (κ2) is 12.9. The van der Waals surface area contributed by atoms with Crippen LogP contribution in [-0.4, -0.2) is 47.5 Å². The third-order valence-corrected chi connectivity index (χ3v) is 12.3. The van der Waals surface area contributed by atoms with E-state index in [9.17, 15) is 36.3 Å². The van der Waals surface area contributed by atoms with Gasteiger partial charge in [-0.1, -0.05) is 80.3 Å². The van der Waals surface area contributed by atoms with E-state index in [2.05, 4.69) is 5.32 Å². The summed E-state index contributed by atoms with van der Waals surface area (Å²) in [5.41, 5.74) is -0.918. The van der Waals surface area contributed by atoms with Gasteiger partial charge in [0.1, 0.15) is 11.7 Å². The molecule has 2 fully saturated rings. The van der Waals surface area contributed by atoms with Gasteiger partial charge in [-0.2, -0.15) is 17.5 Å². The number of pyridine rings is 1. The Bertz CT molecular complexity index is 2080. The van der Waals surface area contributed by atoms with Gasteiger partial charge in [-0.05, 0) is 71.2 Å². The Morgan fingerprint density at radius 1 is 0.918 bits per heavy atom. The lowest BCUT2D eigenvalue weighted by atomic mass is 9.91. The molecule has 1 atom stereocenters. The van der Waals surface area contributed by atoms with Gasteiger partial charge in [-0.25, -0.2) is 13.2 Å². The highest BCUT2D eigenvalue weighted by Crippen LogP contribution is 2.43. The highest BCUT2D eigenvalue weighted by molar-refractivity contribution is 7.89. The molecule has 2 heterocycles. The maximum Gasteiger partial charge on any atom is 0.416 e. The third-order valence-electron chi connectivity index (χ3n) is 10.4. The van der Waals surface area contributed by atoms with E-state index in [-0.39, 0.29) is 47.3 Å². The molecule has 12 heteroatoms. The molecule has 7 rings (SSSR count). The average molecular weight is 694 g/mol. The maximum atomic E-state index is 14.8. The molecule has 4 aromatic rings. The summed E-state index contributed by atoms with van der Waals surface area (Å²) in [5, 5.41) is 15.1. The molecule has 0 saturated heterocycles. The molecule has 3 aliphatic rings. The van der Waals surface area contributed by atoms with Gasteiger partial charge in [-0.3, -0.25) is 9.36 Å². The number of carbonyl (C=O) groups is 1. The first-order valence-corrected chi connectivity index (χ1v) is 18.3. The molecule has 3 aromatic carbocycles. The summed E-state index contributed by atoms with van der Waals surface area (Å²) < 4.78 is 74.1. The Morgan fingerprint density at radius 2 is 1.59 bits per heavy atom. The minimum absolute atomic E-state index is 0.0120. The molecule has 1 aromatic heterocycles. The highest BCUT2D eigenvalue weighted by atomic mass is 32.2. The SMILES string of the molecule is O=C(O)C1CN(CC2CCCC2)S(=O)(=O)c2c(-c3cccc(C(F)(F)F)c3)c(Cc3cccc4ccccc34)c(NC3CCCC3)c(=O)n21. The number of rotatable bonds is 8. The van der Waals surface area contributed by atoms with Crippen LogP contribution >= 0.6 is 0 Å². The van der Waals surface area contributed by atoms with Gasteiger partial charge < -0.3 is 10.4 Å². The Kier molecular flexibility index (Phi) is 8.81. The highest BCUT2D eigenvalue weighted by Gasteiger charge is 2.45. The van der Waals surface area contributed by atoms with E-state index in [4.69, 9.17) is 0 Å². The van der Waals surface area contributed by atoms with Crippen LogP contribution in [0.5, 0.6) is 0 Å². The van der Waals surface area contributed by atoms with Crippen molar-refractivity contribution in [3.05, 3.63) is 93.8 Å².